The van der Waals surface area contributed by atoms with Crippen molar-refractivity contribution in [2.24, 2.45) is 5.73 Å². The molecule has 3 N–H and O–H groups in total. The molecule has 1 aromatic rings. The van der Waals surface area contributed by atoms with Gasteiger partial charge in [-0.3, -0.25) is 14.4 Å². The highest BCUT2D eigenvalue weighted by atomic mass is 35.5. The van der Waals surface area contributed by atoms with Crippen molar-refractivity contribution in [3.05, 3.63) is 34.4 Å². The Bertz CT molecular complexity index is 557. The number of amides is 2. The van der Waals surface area contributed by atoms with E-state index in [-0.39, 0.29) is 13.2 Å². The van der Waals surface area contributed by atoms with Crippen LogP contribution in [0.25, 0.3) is 6.08 Å². The maximum atomic E-state index is 11.7. The Morgan fingerprint density at radius 3 is 3.00 bits per heavy atom. The minimum atomic E-state index is -0.675. The van der Waals surface area contributed by atoms with Crippen molar-refractivity contribution in [3.8, 4) is 5.75 Å². The van der Waals surface area contributed by atoms with Crippen LogP contribution in [0.5, 0.6) is 5.75 Å². The highest BCUT2D eigenvalue weighted by molar-refractivity contribution is 6.30. The first-order valence-electron chi connectivity index (χ1n) is 5.39. The lowest BCUT2D eigenvalue weighted by atomic mass is 10.1. The number of hydrogen-bond acceptors (Lipinski definition) is 4. The van der Waals surface area contributed by atoms with E-state index in [1.807, 2.05) is 0 Å². The first-order valence-corrected chi connectivity index (χ1v) is 5.77. The molecule has 0 saturated carbocycles. The molecule has 0 aliphatic carbocycles. The number of nitrogens with two attached hydrogens (primary N) is 1. The van der Waals surface area contributed by atoms with E-state index in [0.29, 0.717) is 21.9 Å². The minimum Gasteiger partial charge on any atom is -0.488 e. The average molecular weight is 283 g/mol. The molecule has 0 bridgehead atoms. The third kappa shape index (κ3) is 3.46. The Morgan fingerprint density at radius 2 is 2.26 bits per heavy atom. The average Bonchev–Trinajstić information content (AvgIpc) is 2.37. The van der Waals surface area contributed by atoms with Gasteiger partial charge >= 0.3 is 0 Å². The maximum Gasteiger partial charge on any atom is 0.274 e. The van der Waals surface area contributed by atoms with Gasteiger partial charge in [0.25, 0.3) is 5.91 Å². The van der Waals surface area contributed by atoms with Crippen LogP contribution in [-0.2, 0) is 14.4 Å². The lowest BCUT2D eigenvalue weighted by Gasteiger charge is -2.17. The van der Waals surface area contributed by atoms with Crippen LogP contribution in [-0.4, -0.2) is 25.0 Å². The molecule has 1 heterocycles. The topological polar surface area (TPSA) is 90.7 Å². The molecular weight excluding hydrogens is 272 g/mol. The third-order valence-corrected chi connectivity index (χ3v) is 2.59. The van der Waals surface area contributed by atoms with Crippen LogP contribution in [0.2, 0.25) is 5.02 Å². The molecule has 0 radical (unpaired) electrons. The maximum absolute atomic E-state index is 11.7. The van der Waals surface area contributed by atoms with Gasteiger partial charge in [0.05, 0.1) is 5.57 Å². The molecule has 0 aromatic heterocycles. The predicted octanol–water partition coefficient (Wildman–Crippen LogP) is 0.649. The van der Waals surface area contributed by atoms with Crippen LogP contribution in [0, 0.1) is 0 Å². The number of rotatable bonds is 4. The zero-order chi connectivity index (χ0) is 13.8. The van der Waals surface area contributed by atoms with Crippen LogP contribution in [0.15, 0.2) is 23.8 Å². The van der Waals surface area contributed by atoms with E-state index in [2.05, 4.69) is 10.3 Å². The van der Waals surface area contributed by atoms with Gasteiger partial charge in [-0.05, 0) is 24.3 Å². The smallest absolute Gasteiger partial charge is 0.274 e. The predicted molar refractivity (Wildman–Crippen MR) is 68.2 cm³/mol. The summed E-state index contributed by atoms with van der Waals surface area (Å²) in [5, 5.41) is 0.547. The van der Waals surface area contributed by atoms with Crippen molar-refractivity contribution in [2.45, 2.75) is 0 Å². The number of hydroxylamine groups is 1. The van der Waals surface area contributed by atoms with E-state index in [4.69, 9.17) is 22.1 Å². The second-order valence-corrected chi connectivity index (χ2v) is 4.26. The first-order chi connectivity index (χ1) is 9.06. The SMILES string of the molecule is NC(=O)CONC(=O)C1=Cc2cc(Cl)ccc2OC1. The molecule has 0 fully saturated rings. The fourth-order valence-electron chi connectivity index (χ4n) is 1.52. The molecule has 1 aliphatic rings. The molecule has 0 saturated heterocycles. The van der Waals surface area contributed by atoms with Crippen LogP contribution >= 0.6 is 11.6 Å². The van der Waals surface area contributed by atoms with Gasteiger partial charge in [-0.1, -0.05) is 11.6 Å². The number of nitrogens with one attached hydrogen (secondary N) is 1. The number of hydrogen-bond donors (Lipinski definition) is 2. The van der Waals surface area contributed by atoms with Gasteiger partial charge in [-0.25, -0.2) is 5.48 Å². The Hall–Kier alpha value is -2.05. The quantitative estimate of drug-likeness (QED) is 0.793. The van der Waals surface area contributed by atoms with Crippen molar-refractivity contribution in [2.75, 3.05) is 13.2 Å². The van der Waals surface area contributed by atoms with Crippen molar-refractivity contribution >= 4 is 29.5 Å². The molecule has 0 atom stereocenters. The summed E-state index contributed by atoms with van der Waals surface area (Å²) in [6.07, 6.45) is 1.65. The number of carbonyl (C=O) groups is 2. The fraction of sp³-hybridized carbons (Fsp3) is 0.167. The number of halogens is 1. The van der Waals surface area contributed by atoms with Gasteiger partial charge in [0.1, 0.15) is 12.4 Å². The first kappa shape index (κ1) is 13.4. The van der Waals surface area contributed by atoms with Crippen LogP contribution in [0.3, 0.4) is 0 Å². The fourth-order valence-corrected chi connectivity index (χ4v) is 1.70. The highest BCUT2D eigenvalue weighted by Crippen LogP contribution is 2.28. The van der Waals surface area contributed by atoms with E-state index >= 15 is 0 Å². The Morgan fingerprint density at radius 1 is 1.47 bits per heavy atom. The summed E-state index contributed by atoms with van der Waals surface area (Å²) in [5.41, 5.74) is 8.04. The molecule has 1 aliphatic heterocycles. The molecule has 0 unspecified atom stereocenters. The number of fused-ring (bicyclic) bond motifs is 1. The van der Waals surface area contributed by atoms with E-state index in [0.717, 1.165) is 0 Å². The van der Waals surface area contributed by atoms with Crippen molar-refractivity contribution in [3.63, 3.8) is 0 Å². The monoisotopic (exact) mass is 282 g/mol. The molecule has 7 heteroatoms. The Kier molecular flexibility index (Phi) is 4.03. The molecule has 6 nitrogen and oxygen atoms in total. The van der Waals surface area contributed by atoms with Gasteiger partial charge in [-0.2, -0.15) is 0 Å². The minimum absolute atomic E-state index is 0.112. The number of carbonyl (C=O) groups excluding carboxylic acids is 2. The van der Waals surface area contributed by atoms with E-state index in [1.165, 1.54) is 0 Å². The zero-order valence-corrected chi connectivity index (χ0v) is 10.6. The normalized spacial score (nSPS) is 13.0. The lowest BCUT2D eigenvalue weighted by molar-refractivity contribution is -0.135. The number of benzene rings is 1. The largest absolute Gasteiger partial charge is 0.488 e. The van der Waals surface area contributed by atoms with Gasteiger partial charge in [0, 0.05) is 10.6 Å². The zero-order valence-electron chi connectivity index (χ0n) is 9.81. The molecule has 19 heavy (non-hydrogen) atoms. The summed E-state index contributed by atoms with van der Waals surface area (Å²) < 4.78 is 5.40. The summed E-state index contributed by atoms with van der Waals surface area (Å²) in [6.45, 7) is -0.275. The summed E-state index contributed by atoms with van der Waals surface area (Å²) >= 11 is 5.86. The summed E-state index contributed by atoms with van der Waals surface area (Å²) in [5.74, 6) is -0.516. The van der Waals surface area contributed by atoms with Crippen molar-refractivity contribution < 1.29 is 19.2 Å². The summed E-state index contributed by atoms with van der Waals surface area (Å²) in [6, 6.07) is 5.12. The molecule has 1 aromatic carbocycles. The molecule has 0 spiro atoms. The second kappa shape index (κ2) is 5.73. The molecule has 2 amide bonds. The van der Waals surface area contributed by atoms with Crippen molar-refractivity contribution in [1.29, 1.82) is 0 Å². The van der Waals surface area contributed by atoms with Crippen LogP contribution < -0.4 is 16.0 Å². The van der Waals surface area contributed by atoms with E-state index in [9.17, 15) is 9.59 Å². The van der Waals surface area contributed by atoms with E-state index < -0.39 is 11.8 Å². The van der Waals surface area contributed by atoms with Gasteiger partial charge in [0.15, 0.2) is 6.61 Å². The summed E-state index contributed by atoms with van der Waals surface area (Å²) in [7, 11) is 0. The Labute approximate surface area is 114 Å². The standard InChI is InChI=1S/C12H11ClN2O4/c13-9-1-2-10-7(4-9)3-8(5-18-10)12(17)15-19-6-11(14)16/h1-4H,5-6H2,(H2,14,16)(H,15,17). The van der Waals surface area contributed by atoms with Crippen molar-refractivity contribution in [1.82, 2.24) is 5.48 Å². The van der Waals surface area contributed by atoms with Crippen LogP contribution in [0.4, 0.5) is 0 Å². The molecule has 100 valence electrons. The number of primary amides is 1. The third-order valence-electron chi connectivity index (χ3n) is 2.36. The van der Waals surface area contributed by atoms with Crippen LogP contribution in [0.1, 0.15) is 5.56 Å². The molecule has 2 rings (SSSR count). The van der Waals surface area contributed by atoms with E-state index in [1.54, 1.807) is 24.3 Å². The highest BCUT2D eigenvalue weighted by Gasteiger charge is 2.17. The van der Waals surface area contributed by atoms with Gasteiger partial charge in [-0.15, -0.1) is 0 Å². The second-order valence-electron chi connectivity index (χ2n) is 3.83. The van der Waals surface area contributed by atoms with Gasteiger partial charge in [0.2, 0.25) is 5.91 Å². The Balaban J connectivity index is 2.05. The number of ether oxygens (including phenoxy) is 1. The molecular formula is C12H11ClN2O4. The summed E-state index contributed by atoms with van der Waals surface area (Å²) in [4.78, 5) is 26.8. The van der Waals surface area contributed by atoms with Gasteiger partial charge < -0.3 is 10.5 Å². The lowest BCUT2D eigenvalue weighted by Crippen LogP contribution is -2.32.